The molecule has 3 heteroatoms. The zero-order chi connectivity index (χ0) is 4.99. The summed E-state index contributed by atoms with van der Waals surface area (Å²) in [5.74, 6) is 0. The van der Waals surface area contributed by atoms with Crippen molar-refractivity contribution in [2.24, 2.45) is 0 Å². The van der Waals surface area contributed by atoms with Crippen molar-refractivity contribution in [1.29, 1.82) is 1.28 Å². The van der Waals surface area contributed by atoms with Gasteiger partial charge in [0.2, 0.25) is 0 Å². The Hall–Kier alpha value is 0.940. The van der Waals surface area contributed by atoms with Gasteiger partial charge < -0.3 is 0 Å². The van der Waals surface area contributed by atoms with Crippen molar-refractivity contribution >= 4 is 36.4 Å². The first-order chi connectivity index (χ1) is 2.81. The van der Waals surface area contributed by atoms with E-state index in [9.17, 15) is 0 Å². The smallest absolute Gasteiger partial charge is 0.101 e. The molecule has 0 fully saturated rings. The SMILES string of the molecule is [3H]P=S(I)C#C. The molecule has 0 saturated heterocycles. The van der Waals surface area contributed by atoms with E-state index in [0.29, 0.717) is 7.96 Å². The quantitative estimate of drug-likeness (QED) is 0.329. The van der Waals surface area contributed by atoms with Crippen LogP contribution in [0.2, 0.25) is 0 Å². The van der Waals surface area contributed by atoms with Crippen LogP contribution in [0.3, 0.4) is 0 Å². The maximum Gasteiger partial charge on any atom is 0.101 e. The highest BCUT2D eigenvalue weighted by molar-refractivity contribution is 14.2. The minimum atomic E-state index is -0.147. The van der Waals surface area contributed by atoms with Gasteiger partial charge in [0.15, 0.2) is 0 Å². The van der Waals surface area contributed by atoms with Gasteiger partial charge in [-0.2, -0.15) is 0 Å². The summed E-state index contributed by atoms with van der Waals surface area (Å²) in [6, 6.07) is 0. The molecule has 0 radical (unpaired) electrons. The molecule has 0 bridgehead atoms. The molecule has 0 heterocycles. The Bertz CT molecular complexity index is 105. The first kappa shape index (κ1) is 4.11. The van der Waals surface area contributed by atoms with E-state index in [1.165, 1.54) is 0 Å². The third-order valence-corrected chi connectivity index (χ3v) is 1.37. The van der Waals surface area contributed by atoms with Crippen LogP contribution in [-0.2, 0) is 7.24 Å². The zero-order valence-corrected chi connectivity index (χ0v) is 6.18. The van der Waals surface area contributed by atoms with Gasteiger partial charge in [-0.1, -0.05) is 7.96 Å². The lowest BCUT2D eigenvalue weighted by Gasteiger charge is -1.65. The topological polar surface area (TPSA) is 0 Å². The summed E-state index contributed by atoms with van der Waals surface area (Å²) in [5, 5.41) is 2.43. The van der Waals surface area contributed by atoms with Crippen LogP contribution >= 0.6 is 29.2 Å². The van der Waals surface area contributed by atoms with Gasteiger partial charge in [-0.25, -0.2) is 0 Å². The number of terminal acetylenes is 1. The molecule has 1 atom stereocenters. The molecule has 0 saturated carbocycles. The zero-order valence-electron chi connectivity index (χ0n) is 3.31. The molecular formula is C2H2IPS. The molecule has 0 N–H and O–H groups in total. The van der Waals surface area contributed by atoms with E-state index in [4.69, 9.17) is 7.70 Å². The van der Waals surface area contributed by atoms with E-state index in [2.05, 4.69) is 26.5 Å². The third-order valence-electron chi connectivity index (χ3n) is 0.0972. The fraction of sp³-hybridized carbons (Fsp3) is 0. The van der Waals surface area contributed by atoms with Crippen molar-refractivity contribution in [2.45, 2.75) is 0 Å². The van der Waals surface area contributed by atoms with Crippen LogP contribution in [0, 0.1) is 11.7 Å². The molecule has 0 aliphatic rings. The Balaban J connectivity index is 3.61. The summed E-state index contributed by atoms with van der Waals surface area (Å²) in [5.41, 5.74) is 0. The average molecular weight is 218 g/mol. The van der Waals surface area contributed by atoms with Crippen molar-refractivity contribution < 1.29 is 0 Å². The standard InChI is InChI=1S/C2H2IPS/c1-2-5(3)4/h1,4H/i4T. The highest BCUT2D eigenvalue weighted by atomic mass is 127. The Morgan fingerprint density at radius 2 is 3.00 bits per heavy atom. The van der Waals surface area contributed by atoms with Crippen LogP contribution in [0.15, 0.2) is 0 Å². The Kier molecular flexibility index (Phi) is 2.58. The second kappa shape index (κ2) is 3.14. The lowest BCUT2D eigenvalue weighted by molar-refractivity contribution is 3.17. The van der Waals surface area contributed by atoms with Gasteiger partial charge in [-0.15, -0.1) is 6.42 Å². The molecule has 0 aromatic carbocycles. The van der Waals surface area contributed by atoms with Gasteiger partial charge >= 0.3 is 0 Å². The summed E-state index contributed by atoms with van der Waals surface area (Å²) in [6.45, 7) is 0. The number of halogens is 1. The average Bonchev–Trinajstić information content (AvgIpc) is 1.65. The largest absolute Gasteiger partial charge is 0.107 e. The van der Waals surface area contributed by atoms with E-state index >= 15 is 0 Å². The van der Waals surface area contributed by atoms with Crippen LogP contribution in [0.5, 0.6) is 0 Å². The second-order valence-electron chi connectivity index (χ2n) is 0.355. The van der Waals surface area contributed by atoms with Crippen molar-refractivity contribution in [2.75, 3.05) is 0 Å². The van der Waals surface area contributed by atoms with Crippen molar-refractivity contribution in [3.63, 3.8) is 0 Å². The molecule has 0 aromatic rings. The van der Waals surface area contributed by atoms with Crippen LogP contribution in [0.1, 0.15) is 0 Å². The lowest BCUT2D eigenvalue weighted by Crippen LogP contribution is -1.46. The molecule has 0 aliphatic heterocycles. The summed E-state index contributed by atoms with van der Waals surface area (Å²) in [7, 11) is 0.409. The fourth-order valence-corrected chi connectivity index (χ4v) is 0. The summed E-state index contributed by atoms with van der Waals surface area (Å²) < 4.78 is 6.64. The summed E-state index contributed by atoms with van der Waals surface area (Å²) >= 11 is 2.06. The van der Waals surface area contributed by atoms with Crippen LogP contribution in [0.25, 0.3) is 0 Å². The molecule has 0 aromatic heterocycles. The highest BCUT2D eigenvalue weighted by Crippen LogP contribution is 1.95. The molecule has 0 spiro atoms. The minimum Gasteiger partial charge on any atom is -0.107 e. The Morgan fingerprint density at radius 1 is 2.40 bits per heavy atom. The highest BCUT2D eigenvalue weighted by Gasteiger charge is 1.60. The normalized spacial score (nSPS) is 16.4. The molecule has 1 unspecified atom stereocenters. The van der Waals surface area contributed by atoms with E-state index in [1.54, 1.807) is 0 Å². The van der Waals surface area contributed by atoms with Crippen LogP contribution in [0.4, 0.5) is 0 Å². The van der Waals surface area contributed by atoms with Crippen LogP contribution in [-0.4, -0.2) is 1.28 Å². The first-order valence-corrected chi connectivity index (χ1v) is 5.65. The van der Waals surface area contributed by atoms with Crippen molar-refractivity contribution in [3.05, 3.63) is 0 Å². The van der Waals surface area contributed by atoms with Gasteiger partial charge in [0, 0.05) is 21.2 Å². The first-order valence-electron chi connectivity index (χ1n) is 1.28. The molecule has 0 aliphatic carbocycles. The lowest BCUT2D eigenvalue weighted by atomic mass is 11.4. The van der Waals surface area contributed by atoms with Gasteiger partial charge in [-0.05, 0) is 12.5 Å². The van der Waals surface area contributed by atoms with E-state index in [1.807, 2.05) is 0 Å². The van der Waals surface area contributed by atoms with E-state index in [0.717, 1.165) is 0 Å². The molecule has 0 nitrogen and oxygen atoms in total. The van der Waals surface area contributed by atoms with Crippen molar-refractivity contribution in [1.82, 2.24) is 0 Å². The molecule has 0 rings (SSSR count). The number of rotatable bonds is 0. The molecule has 0 amide bonds. The van der Waals surface area contributed by atoms with Crippen molar-refractivity contribution in [3.8, 4) is 11.7 Å². The maximum atomic E-state index is 6.64. The predicted octanol–water partition coefficient (Wildman–Crippen LogP) is 1.60. The van der Waals surface area contributed by atoms with E-state index < -0.39 is 0 Å². The molecular weight excluding hydrogens is 214 g/mol. The Labute approximate surface area is 49.4 Å². The fourth-order valence-electron chi connectivity index (χ4n) is 0. The van der Waals surface area contributed by atoms with Gasteiger partial charge in [-0.3, -0.25) is 0 Å². The van der Waals surface area contributed by atoms with Gasteiger partial charge in [0.05, 0.1) is 0 Å². The van der Waals surface area contributed by atoms with Gasteiger partial charge in [0.25, 0.3) is 0 Å². The van der Waals surface area contributed by atoms with Gasteiger partial charge in [0.1, 0.15) is 1.28 Å². The second-order valence-corrected chi connectivity index (χ2v) is 6.89. The molecule has 5 heavy (non-hydrogen) atoms. The Morgan fingerprint density at radius 3 is 3.00 bits per heavy atom. The monoisotopic (exact) mass is 218 g/mol. The summed E-state index contributed by atoms with van der Waals surface area (Å²) in [6.07, 6.45) is 4.91. The summed E-state index contributed by atoms with van der Waals surface area (Å²) in [4.78, 5) is 0. The molecule has 28 valence electrons. The predicted molar refractivity (Wildman–Crippen MR) is 38.5 cm³/mol. The van der Waals surface area contributed by atoms with E-state index in [-0.39, 0.29) is 7.24 Å². The third kappa shape index (κ3) is 4.94. The minimum absolute atomic E-state index is 0.147. The maximum absolute atomic E-state index is 6.64. The number of hydrogen-bond acceptors (Lipinski definition) is 0. The van der Waals surface area contributed by atoms with Crippen LogP contribution < -0.4 is 0 Å². The number of hydrogen-bond donors (Lipinski definition) is 0.